The summed E-state index contributed by atoms with van der Waals surface area (Å²) in [5.41, 5.74) is 7.20. The van der Waals surface area contributed by atoms with Crippen LogP contribution in [0.15, 0.2) is 29.2 Å². The third-order valence-corrected chi connectivity index (χ3v) is 3.73. The second kappa shape index (κ2) is 6.31. The molecular weight excluding hydrogens is 214 g/mol. The summed E-state index contributed by atoms with van der Waals surface area (Å²) in [6, 6.07) is 9.18. The maximum absolute atomic E-state index is 5.80. The largest absolute Gasteiger partial charge is 0.328 e. The van der Waals surface area contributed by atoms with Gasteiger partial charge in [-0.1, -0.05) is 32.9 Å². The van der Waals surface area contributed by atoms with Gasteiger partial charge >= 0.3 is 0 Å². The summed E-state index contributed by atoms with van der Waals surface area (Å²) >= 11 is 1.91. The normalized spacial score (nSPS) is 15.1. The molecular formula is C14H23NS. The van der Waals surface area contributed by atoms with Gasteiger partial charge in [0.25, 0.3) is 0 Å². The lowest BCUT2D eigenvalue weighted by Gasteiger charge is -2.14. The van der Waals surface area contributed by atoms with Crippen molar-refractivity contribution in [3.63, 3.8) is 0 Å². The third kappa shape index (κ3) is 4.58. The van der Waals surface area contributed by atoms with E-state index in [9.17, 15) is 0 Å². The molecule has 90 valence electrons. The molecule has 0 saturated heterocycles. The van der Waals surface area contributed by atoms with Crippen LogP contribution in [0, 0.1) is 0 Å². The first-order chi connectivity index (χ1) is 7.49. The zero-order valence-corrected chi connectivity index (χ0v) is 11.6. The van der Waals surface area contributed by atoms with Gasteiger partial charge in [-0.2, -0.15) is 0 Å². The van der Waals surface area contributed by atoms with Crippen LogP contribution in [0.25, 0.3) is 0 Å². The minimum Gasteiger partial charge on any atom is -0.328 e. The molecule has 0 aliphatic carbocycles. The Bertz CT molecular complexity index is 303. The van der Waals surface area contributed by atoms with Crippen molar-refractivity contribution >= 4 is 11.8 Å². The monoisotopic (exact) mass is 237 g/mol. The Balaban J connectivity index is 2.55. The summed E-state index contributed by atoms with van der Waals surface area (Å²) in [4.78, 5) is 1.34. The highest BCUT2D eigenvalue weighted by Gasteiger charge is 2.07. The van der Waals surface area contributed by atoms with E-state index < -0.39 is 0 Å². The van der Waals surface area contributed by atoms with Crippen LogP contribution in [-0.4, -0.2) is 11.3 Å². The predicted octanol–water partition coefficient (Wildman–Crippen LogP) is 4.03. The number of benzene rings is 1. The average molecular weight is 237 g/mol. The van der Waals surface area contributed by atoms with Crippen LogP contribution in [0.4, 0.5) is 0 Å². The summed E-state index contributed by atoms with van der Waals surface area (Å²) in [7, 11) is 0. The number of nitrogens with two attached hydrogens (primary N) is 1. The fraction of sp³-hybridized carbons (Fsp3) is 0.571. The molecule has 0 amide bonds. The van der Waals surface area contributed by atoms with E-state index in [4.69, 9.17) is 5.73 Å². The Morgan fingerprint density at radius 1 is 1.06 bits per heavy atom. The smallest absolute Gasteiger partial charge is 0.00806 e. The topological polar surface area (TPSA) is 26.0 Å². The van der Waals surface area contributed by atoms with Gasteiger partial charge in [0, 0.05) is 16.2 Å². The zero-order valence-electron chi connectivity index (χ0n) is 10.7. The molecule has 1 rings (SSSR count). The first-order valence-corrected chi connectivity index (χ1v) is 6.89. The SMILES string of the molecule is CC(N)CC(C)Sc1ccc(C(C)C)cc1. The van der Waals surface area contributed by atoms with Crippen molar-refractivity contribution in [1.29, 1.82) is 0 Å². The molecule has 0 aromatic heterocycles. The number of thioether (sulfide) groups is 1. The van der Waals surface area contributed by atoms with Crippen LogP contribution in [0.2, 0.25) is 0 Å². The second-order valence-electron chi connectivity index (χ2n) is 4.87. The Labute approximate surface area is 104 Å². The lowest BCUT2D eigenvalue weighted by atomic mass is 10.0. The van der Waals surface area contributed by atoms with Gasteiger partial charge in [-0.25, -0.2) is 0 Å². The molecule has 0 aliphatic rings. The van der Waals surface area contributed by atoms with E-state index in [2.05, 4.69) is 52.0 Å². The number of hydrogen-bond acceptors (Lipinski definition) is 2. The molecule has 0 heterocycles. The molecule has 2 unspecified atom stereocenters. The first kappa shape index (κ1) is 13.6. The van der Waals surface area contributed by atoms with Crippen LogP contribution in [-0.2, 0) is 0 Å². The molecule has 2 atom stereocenters. The molecule has 1 nitrogen and oxygen atoms in total. The van der Waals surface area contributed by atoms with Gasteiger partial charge in [0.2, 0.25) is 0 Å². The Hall–Kier alpha value is -0.470. The molecule has 2 N–H and O–H groups in total. The molecule has 0 radical (unpaired) electrons. The predicted molar refractivity (Wildman–Crippen MR) is 74.1 cm³/mol. The van der Waals surface area contributed by atoms with E-state index >= 15 is 0 Å². The van der Waals surface area contributed by atoms with Gasteiger partial charge in [-0.15, -0.1) is 11.8 Å². The summed E-state index contributed by atoms with van der Waals surface area (Å²) in [5, 5.41) is 0.588. The summed E-state index contributed by atoms with van der Waals surface area (Å²) in [6.07, 6.45) is 1.07. The molecule has 0 aliphatic heterocycles. The van der Waals surface area contributed by atoms with Crippen LogP contribution >= 0.6 is 11.8 Å². The van der Waals surface area contributed by atoms with Crippen LogP contribution in [0.5, 0.6) is 0 Å². The molecule has 16 heavy (non-hydrogen) atoms. The van der Waals surface area contributed by atoms with Crippen molar-refractivity contribution < 1.29 is 0 Å². The fourth-order valence-corrected chi connectivity index (χ4v) is 2.89. The Morgan fingerprint density at radius 2 is 1.62 bits per heavy atom. The molecule has 1 aromatic carbocycles. The molecule has 2 heteroatoms. The third-order valence-electron chi connectivity index (χ3n) is 2.59. The maximum Gasteiger partial charge on any atom is 0.00806 e. The zero-order chi connectivity index (χ0) is 12.1. The quantitative estimate of drug-likeness (QED) is 0.783. The van der Waals surface area contributed by atoms with Gasteiger partial charge in [0.1, 0.15) is 0 Å². The van der Waals surface area contributed by atoms with Gasteiger partial charge in [0.15, 0.2) is 0 Å². The minimum absolute atomic E-state index is 0.289. The van der Waals surface area contributed by atoms with E-state index in [1.807, 2.05) is 11.8 Å². The van der Waals surface area contributed by atoms with E-state index in [1.54, 1.807) is 0 Å². The van der Waals surface area contributed by atoms with Crippen molar-refractivity contribution in [2.24, 2.45) is 5.73 Å². The summed E-state index contributed by atoms with van der Waals surface area (Å²) < 4.78 is 0. The highest BCUT2D eigenvalue weighted by molar-refractivity contribution is 7.99. The average Bonchev–Trinajstić information content (AvgIpc) is 2.16. The van der Waals surface area contributed by atoms with E-state index in [0.29, 0.717) is 11.2 Å². The number of hydrogen-bond donors (Lipinski definition) is 1. The van der Waals surface area contributed by atoms with Crippen molar-refractivity contribution in [3.05, 3.63) is 29.8 Å². The Kier molecular flexibility index (Phi) is 5.36. The van der Waals surface area contributed by atoms with Crippen molar-refractivity contribution in [1.82, 2.24) is 0 Å². The van der Waals surface area contributed by atoms with E-state index in [1.165, 1.54) is 10.5 Å². The van der Waals surface area contributed by atoms with Crippen molar-refractivity contribution in [3.8, 4) is 0 Å². The van der Waals surface area contributed by atoms with E-state index in [-0.39, 0.29) is 6.04 Å². The van der Waals surface area contributed by atoms with Crippen LogP contribution in [0.3, 0.4) is 0 Å². The molecule has 0 saturated carbocycles. The minimum atomic E-state index is 0.289. The van der Waals surface area contributed by atoms with Crippen LogP contribution < -0.4 is 5.73 Å². The molecule has 0 fully saturated rings. The van der Waals surface area contributed by atoms with Gasteiger partial charge < -0.3 is 5.73 Å². The van der Waals surface area contributed by atoms with Crippen molar-refractivity contribution in [2.45, 2.75) is 56.2 Å². The highest BCUT2D eigenvalue weighted by atomic mass is 32.2. The molecule has 1 aromatic rings. The van der Waals surface area contributed by atoms with Crippen molar-refractivity contribution in [2.75, 3.05) is 0 Å². The highest BCUT2D eigenvalue weighted by Crippen LogP contribution is 2.27. The van der Waals surface area contributed by atoms with E-state index in [0.717, 1.165) is 6.42 Å². The standard InChI is InChI=1S/C14H23NS/c1-10(2)13-5-7-14(8-6-13)16-12(4)9-11(3)15/h5-8,10-12H,9,15H2,1-4H3. The van der Waals surface area contributed by atoms with Gasteiger partial charge in [-0.3, -0.25) is 0 Å². The molecule has 0 spiro atoms. The molecule has 0 bridgehead atoms. The summed E-state index contributed by atoms with van der Waals surface area (Å²) in [6.45, 7) is 8.76. The van der Waals surface area contributed by atoms with Gasteiger partial charge in [-0.05, 0) is 37.0 Å². The lowest BCUT2D eigenvalue weighted by Crippen LogP contribution is -2.19. The second-order valence-corrected chi connectivity index (χ2v) is 6.38. The summed E-state index contributed by atoms with van der Waals surface area (Å²) in [5.74, 6) is 0.612. The number of rotatable bonds is 5. The lowest BCUT2D eigenvalue weighted by molar-refractivity contribution is 0.663. The first-order valence-electron chi connectivity index (χ1n) is 6.01. The Morgan fingerprint density at radius 3 is 2.06 bits per heavy atom. The maximum atomic E-state index is 5.80. The fourth-order valence-electron chi connectivity index (χ4n) is 1.74. The van der Waals surface area contributed by atoms with Crippen LogP contribution in [0.1, 0.15) is 45.6 Å². The van der Waals surface area contributed by atoms with Gasteiger partial charge in [0.05, 0.1) is 0 Å².